The summed E-state index contributed by atoms with van der Waals surface area (Å²) in [5, 5.41) is 0. The molecule has 1 aromatic heterocycles. The van der Waals surface area contributed by atoms with Gasteiger partial charge in [0.2, 0.25) is 3.79 Å². The summed E-state index contributed by atoms with van der Waals surface area (Å²) in [6.45, 7) is 0.535. The molecule has 2 aromatic carbocycles. The van der Waals surface area contributed by atoms with Gasteiger partial charge in [0.05, 0.1) is 16.8 Å². The van der Waals surface area contributed by atoms with Gasteiger partial charge in [-0.15, -0.1) is 0 Å². The molecule has 108 valence electrons. The van der Waals surface area contributed by atoms with Crippen LogP contribution in [0.3, 0.4) is 0 Å². The smallest absolute Gasteiger partial charge is 0.294 e. The van der Waals surface area contributed by atoms with Crippen LogP contribution in [-0.4, -0.2) is 4.57 Å². The fraction of sp³-hybridized carbons (Fsp3) is 0.133. The van der Waals surface area contributed by atoms with Crippen LogP contribution in [0.5, 0.6) is 0 Å². The Morgan fingerprint density at radius 1 is 1.05 bits per heavy atom. The number of aromatic nitrogens is 1. The molecule has 0 aliphatic rings. The van der Waals surface area contributed by atoms with Crippen molar-refractivity contribution in [2.45, 2.75) is 10.3 Å². The molecule has 0 aliphatic carbocycles. The van der Waals surface area contributed by atoms with Crippen molar-refractivity contribution in [3.63, 3.8) is 0 Å². The van der Waals surface area contributed by atoms with Crippen molar-refractivity contribution in [2.24, 2.45) is 0 Å². The second-order valence-corrected chi connectivity index (χ2v) is 7.89. The van der Waals surface area contributed by atoms with Crippen molar-refractivity contribution in [3.8, 4) is 0 Å². The van der Waals surface area contributed by atoms with E-state index in [1.807, 2.05) is 36.4 Å². The van der Waals surface area contributed by atoms with Gasteiger partial charge in [-0.1, -0.05) is 82.5 Å². The maximum Gasteiger partial charge on any atom is 0.308 e. The van der Waals surface area contributed by atoms with Crippen LogP contribution in [-0.2, 0) is 10.3 Å². The first-order chi connectivity index (χ1) is 9.95. The summed E-state index contributed by atoms with van der Waals surface area (Å²) < 4.78 is 1.07. The first kappa shape index (κ1) is 14.9. The monoisotopic (exact) mass is 357 g/mol. The molecule has 0 fully saturated rings. The molecule has 0 atom stereocenters. The third kappa shape index (κ3) is 3.11. The van der Waals surface area contributed by atoms with Crippen molar-refractivity contribution in [1.82, 2.24) is 4.57 Å². The third-order valence-corrected chi connectivity index (χ3v) is 4.78. The zero-order valence-corrected chi connectivity index (χ0v) is 13.8. The summed E-state index contributed by atoms with van der Waals surface area (Å²) in [7, 11) is 0. The fourth-order valence-corrected chi connectivity index (χ4v) is 3.44. The van der Waals surface area contributed by atoms with Gasteiger partial charge in [-0.2, -0.15) is 0 Å². The van der Waals surface area contributed by atoms with Gasteiger partial charge in [0.15, 0.2) is 0 Å². The quantitative estimate of drug-likeness (QED) is 0.595. The Morgan fingerprint density at radius 3 is 2.43 bits per heavy atom. The maximum absolute atomic E-state index is 12.2. The van der Waals surface area contributed by atoms with Crippen LogP contribution >= 0.6 is 46.1 Å². The van der Waals surface area contributed by atoms with E-state index in [1.54, 1.807) is 16.7 Å². The lowest BCUT2D eigenvalue weighted by Gasteiger charge is -2.11. The molecule has 0 bridgehead atoms. The van der Waals surface area contributed by atoms with E-state index >= 15 is 0 Å². The first-order valence-corrected chi connectivity index (χ1v) is 8.15. The Hall–Kier alpha value is -1.00. The van der Waals surface area contributed by atoms with Crippen LogP contribution in [0, 0.1) is 0 Å². The van der Waals surface area contributed by atoms with E-state index in [0.717, 1.165) is 27.1 Å². The van der Waals surface area contributed by atoms with E-state index in [1.165, 1.54) is 0 Å². The lowest BCUT2D eigenvalue weighted by molar-refractivity contribution is 0.815. The minimum atomic E-state index is -1.48. The second-order valence-electron chi connectivity index (χ2n) is 4.62. The molecule has 0 N–H and O–H groups in total. The summed E-state index contributed by atoms with van der Waals surface area (Å²) in [6, 6.07) is 15.2. The van der Waals surface area contributed by atoms with Crippen molar-refractivity contribution in [2.75, 3.05) is 0 Å². The number of alkyl halides is 3. The molecule has 21 heavy (non-hydrogen) atoms. The zero-order valence-electron chi connectivity index (χ0n) is 10.7. The predicted octanol–water partition coefficient (Wildman–Crippen LogP) is 4.94. The number of rotatable bonds is 2. The number of hydrogen-bond donors (Lipinski definition) is 0. The number of hydrogen-bond acceptors (Lipinski definition) is 2. The van der Waals surface area contributed by atoms with Crippen LogP contribution < -0.4 is 4.87 Å². The Bertz CT molecular complexity index is 833. The van der Waals surface area contributed by atoms with Gasteiger partial charge in [-0.05, 0) is 17.7 Å². The SMILES string of the molecule is O=c1sc2cc(C(Cl)(Cl)Cl)ccc2n1Cc1ccccc1. The topological polar surface area (TPSA) is 22.0 Å². The highest BCUT2D eigenvalue weighted by atomic mass is 35.6. The average molecular weight is 359 g/mol. The standard InChI is InChI=1S/C15H10Cl3NOS/c16-15(17,18)11-6-7-12-13(8-11)21-14(20)19(12)9-10-4-2-1-3-5-10/h1-8H,9H2. The molecule has 0 radical (unpaired) electrons. The van der Waals surface area contributed by atoms with E-state index < -0.39 is 3.79 Å². The summed E-state index contributed by atoms with van der Waals surface area (Å²) in [4.78, 5) is 12.2. The van der Waals surface area contributed by atoms with E-state index in [2.05, 4.69) is 0 Å². The normalized spacial score (nSPS) is 12.0. The van der Waals surface area contributed by atoms with Crippen LogP contribution in [0.15, 0.2) is 53.3 Å². The Balaban J connectivity index is 2.08. The summed E-state index contributed by atoms with van der Waals surface area (Å²) in [5.41, 5.74) is 2.49. The number of benzene rings is 2. The summed E-state index contributed by atoms with van der Waals surface area (Å²) >= 11 is 18.8. The number of thiazole rings is 1. The van der Waals surface area contributed by atoms with Gasteiger partial charge >= 0.3 is 4.87 Å². The van der Waals surface area contributed by atoms with Gasteiger partial charge in [0.1, 0.15) is 0 Å². The molecule has 3 aromatic rings. The van der Waals surface area contributed by atoms with Crippen molar-refractivity contribution in [3.05, 3.63) is 69.3 Å². The average Bonchev–Trinajstić information content (AvgIpc) is 2.75. The first-order valence-electron chi connectivity index (χ1n) is 6.20. The van der Waals surface area contributed by atoms with Crippen LogP contribution in [0.1, 0.15) is 11.1 Å². The molecule has 0 saturated carbocycles. The van der Waals surface area contributed by atoms with Gasteiger partial charge in [0, 0.05) is 5.56 Å². The highest BCUT2D eigenvalue weighted by Crippen LogP contribution is 2.39. The van der Waals surface area contributed by atoms with Crippen LogP contribution in [0.2, 0.25) is 0 Å². The van der Waals surface area contributed by atoms with E-state index in [4.69, 9.17) is 34.8 Å². The predicted molar refractivity (Wildman–Crippen MR) is 90.9 cm³/mol. The minimum Gasteiger partial charge on any atom is -0.294 e. The van der Waals surface area contributed by atoms with E-state index in [-0.39, 0.29) is 4.87 Å². The molecule has 6 heteroatoms. The lowest BCUT2D eigenvalue weighted by atomic mass is 10.2. The van der Waals surface area contributed by atoms with Crippen molar-refractivity contribution >= 4 is 56.4 Å². The Kier molecular flexibility index (Phi) is 4.02. The van der Waals surface area contributed by atoms with Gasteiger partial charge < -0.3 is 0 Å². The minimum absolute atomic E-state index is 0.0182. The van der Waals surface area contributed by atoms with Crippen LogP contribution in [0.25, 0.3) is 10.2 Å². The molecule has 0 aliphatic heterocycles. The van der Waals surface area contributed by atoms with Gasteiger partial charge in [0.25, 0.3) is 0 Å². The highest BCUT2D eigenvalue weighted by molar-refractivity contribution is 7.16. The van der Waals surface area contributed by atoms with Crippen molar-refractivity contribution in [1.29, 1.82) is 0 Å². The molecular weight excluding hydrogens is 349 g/mol. The number of nitrogens with zero attached hydrogens (tertiary/aromatic N) is 1. The molecule has 0 unspecified atom stereocenters. The molecule has 3 rings (SSSR count). The molecule has 2 nitrogen and oxygen atoms in total. The highest BCUT2D eigenvalue weighted by Gasteiger charge is 2.23. The molecule has 0 amide bonds. The zero-order chi connectivity index (χ0) is 15.0. The van der Waals surface area contributed by atoms with E-state index in [9.17, 15) is 4.79 Å². The Morgan fingerprint density at radius 2 is 1.76 bits per heavy atom. The van der Waals surface area contributed by atoms with Crippen molar-refractivity contribution < 1.29 is 0 Å². The molecular formula is C15H10Cl3NOS. The fourth-order valence-electron chi connectivity index (χ4n) is 2.16. The largest absolute Gasteiger partial charge is 0.308 e. The molecule has 0 saturated heterocycles. The summed E-state index contributed by atoms with van der Waals surface area (Å²) in [6.07, 6.45) is 0. The van der Waals surface area contributed by atoms with Gasteiger partial charge in [-0.3, -0.25) is 9.36 Å². The Labute approximate surface area is 140 Å². The molecule has 0 spiro atoms. The lowest BCUT2D eigenvalue weighted by Crippen LogP contribution is -2.13. The molecule has 1 heterocycles. The number of halogens is 3. The third-order valence-electron chi connectivity index (χ3n) is 3.18. The number of fused-ring (bicyclic) bond motifs is 1. The van der Waals surface area contributed by atoms with Gasteiger partial charge in [-0.25, -0.2) is 0 Å². The maximum atomic E-state index is 12.2. The second kappa shape index (κ2) is 5.65. The van der Waals surface area contributed by atoms with Crippen LogP contribution in [0.4, 0.5) is 0 Å². The van der Waals surface area contributed by atoms with E-state index in [0.29, 0.717) is 12.1 Å². The summed E-state index contributed by atoms with van der Waals surface area (Å²) in [5.74, 6) is 0.